The van der Waals surface area contributed by atoms with E-state index in [-0.39, 0.29) is 6.54 Å². The van der Waals surface area contributed by atoms with Gasteiger partial charge in [-0.05, 0) is 6.42 Å². The molecular weight excluding hydrogens is 146 g/mol. The van der Waals surface area contributed by atoms with Crippen molar-refractivity contribution in [3.8, 4) is 0 Å². The van der Waals surface area contributed by atoms with Crippen molar-refractivity contribution in [2.45, 2.75) is 6.42 Å². The van der Waals surface area contributed by atoms with Crippen molar-refractivity contribution in [3.05, 3.63) is 0 Å². The highest BCUT2D eigenvalue weighted by Crippen LogP contribution is 1.98. The van der Waals surface area contributed by atoms with Gasteiger partial charge in [0.05, 0.1) is 0 Å². The van der Waals surface area contributed by atoms with E-state index in [4.69, 9.17) is 10.8 Å². The highest BCUT2D eigenvalue weighted by atomic mass is 16.4. The van der Waals surface area contributed by atoms with Gasteiger partial charge in [0.25, 0.3) is 0 Å². The molecule has 0 amide bonds. The summed E-state index contributed by atoms with van der Waals surface area (Å²) < 4.78 is 0. The van der Waals surface area contributed by atoms with Gasteiger partial charge in [0.15, 0.2) is 5.96 Å². The Morgan fingerprint density at radius 1 is 1.82 bits per heavy atom. The van der Waals surface area contributed by atoms with E-state index in [0.717, 1.165) is 6.42 Å². The number of aliphatic imine (C=N–C) groups is 1. The molecule has 62 valence electrons. The predicted molar refractivity (Wildman–Crippen MR) is 40.3 cm³/mol. The topological polar surface area (TPSA) is 78.9 Å². The van der Waals surface area contributed by atoms with Crippen LogP contribution in [0.1, 0.15) is 6.42 Å². The second-order valence-electron chi connectivity index (χ2n) is 2.41. The van der Waals surface area contributed by atoms with Crippen LogP contribution in [-0.2, 0) is 4.79 Å². The van der Waals surface area contributed by atoms with Crippen LogP contribution in [0.4, 0.5) is 0 Å². The lowest BCUT2D eigenvalue weighted by molar-refractivity contribution is -0.137. The third-order valence-electron chi connectivity index (χ3n) is 1.51. The third-order valence-corrected chi connectivity index (χ3v) is 1.51. The summed E-state index contributed by atoms with van der Waals surface area (Å²) in [6, 6.07) is 0. The Kier molecular flexibility index (Phi) is 2.30. The van der Waals surface area contributed by atoms with Crippen LogP contribution in [0.5, 0.6) is 0 Å². The molecule has 0 saturated heterocycles. The van der Waals surface area contributed by atoms with Crippen molar-refractivity contribution in [1.82, 2.24) is 4.90 Å². The molecule has 1 aliphatic heterocycles. The fourth-order valence-corrected chi connectivity index (χ4v) is 0.993. The average Bonchev–Trinajstić information content (AvgIpc) is 1.93. The Bertz CT molecular complexity index is 190. The van der Waals surface area contributed by atoms with Crippen molar-refractivity contribution in [2.24, 2.45) is 10.7 Å². The van der Waals surface area contributed by atoms with Crippen LogP contribution in [-0.4, -0.2) is 41.6 Å². The second kappa shape index (κ2) is 3.23. The van der Waals surface area contributed by atoms with Gasteiger partial charge in [-0.15, -0.1) is 0 Å². The van der Waals surface area contributed by atoms with Crippen molar-refractivity contribution in [1.29, 1.82) is 0 Å². The Hall–Kier alpha value is -1.26. The molecule has 0 aromatic carbocycles. The summed E-state index contributed by atoms with van der Waals surface area (Å²) in [7, 11) is 0. The summed E-state index contributed by atoms with van der Waals surface area (Å²) in [5, 5.41) is 8.43. The number of carboxylic acid groups (broad SMARTS) is 1. The standard InChI is InChI=1S/C6H11N3O2/c7-6-8-2-1-3-9(6)4-5(10)11/h1-4H2,(H2,7,8)(H,10,11). The van der Waals surface area contributed by atoms with E-state index >= 15 is 0 Å². The summed E-state index contributed by atoms with van der Waals surface area (Å²) in [6.45, 7) is 1.36. The minimum atomic E-state index is -0.870. The molecule has 1 aliphatic rings. The Labute approximate surface area is 64.5 Å². The molecule has 1 rings (SSSR count). The molecule has 0 radical (unpaired) electrons. The van der Waals surface area contributed by atoms with Gasteiger partial charge in [-0.3, -0.25) is 9.79 Å². The zero-order valence-corrected chi connectivity index (χ0v) is 6.16. The number of rotatable bonds is 2. The lowest BCUT2D eigenvalue weighted by Crippen LogP contribution is -2.43. The smallest absolute Gasteiger partial charge is 0.323 e. The summed E-state index contributed by atoms with van der Waals surface area (Å²) >= 11 is 0. The number of guanidine groups is 1. The van der Waals surface area contributed by atoms with Crippen LogP contribution in [0.2, 0.25) is 0 Å². The van der Waals surface area contributed by atoms with Crippen LogP contribution in [0.25, 0.3) is 0 Å². The number of nitrogens with two attached hydrogens (primary N) is 1. The van der Waals surface area contributed by atoms with Crippen LogP contribution >= 0.6 is 0 Å². The monoisotopic (exact) mass is 157 g/mol. The van der Waals surface area contributed by atoms with Gasteiger partial charge in [-0.2, -0.15) is 0 Å². The number of nitrogens with zero attached hydrogens (tertiary/aromatic N) is 2. The van der Waals surface area contributed by atoms with Crippen LogP contribution in [0.3, 0.4) is 0 Å². The molecule has 0 saturated carbocycles. The molecule has 3 N–H and O–H groups in total. The van der Waals surface area contributed by atoms with Crippen molar-refractivity contribution in [2.75, 3.05) is 19.6 Å². The first kappa shape index (κ1) is 7.84. The average molecular weight is 157 g/mol. The zero-order valence-electron chi connectivity index (χ0n) is 6.16. The molecule has 5 nitrogen and oxygen atoms in total. The lowest BCUT2D eigenvalue weighted by Gasteiger charge is -2.24. The molecule has 0 spiro atoms. The van der Waals surface area contributed by atoms with Gasteiger partial charge in [-0.1, -0.05) is 0 Å². The number of carbonyl (C=O) groups is 1. The van der Waals surface area contributed by atoms with Crippen LogP contribution < -0.4 is 5.73 Å². The maximum atomic E-state index is 10.3. The Morgan fingerprint density at radius 3 is 3.09 bits per heavy atom. The molecule has 0 unspecified atom stereocenters. The number of hydrogen-bond acceptors (Lipinski definition) is 4. The summed E-state index contributed by atoms with van der Waals surface area (Å²) in [6.07, 6.45) is 0.883. The second-order valence-corrected chi connectivity index (χ2v) is 2.41. The first-order chi connectivity index (χ1) is 5.20. The van der Waals surface area contributed by atoms with Gasteiger partial charge >= 0.3 is 5.97 Å². The molecule has 5 heteroatoms. The predicted octanol–water partition coefficient (Wildman–Crippen LogP) is -0.909. The van der Waals surface area contributed by atoms with E-state index in [9.17, 15) is 4.79 Å². The van der Waals surface area contributed by atoms with E-state index in [0.29, 0.717) is 19.0 Å². The quantitative estimate of drug-likeness (QED) is 0.544. The molecule has 0 bridgehead atoms. The van der Waals surface area contributed by atoms with E-state index in [1.165, 1.54) is 0 Å². The van der Waals surface area contributed by atoms with E-state index in [1.54, 1.807) is 4.90 Å². The number of hydrogen-bond donors (Lipinski definition) is 2. The largest absolute Gasteiger partial charge is 0.480 e. The van der Waals surface area contributed by atoms with Gasteiger partial charge in [0, 0.05) is 13.1 Å². The fourth-order valence-electron chi connectivity index (χ4n) is 0.993. The van der Waals surface area contributed by atoms with E-state index in [1.807, 2.05) is 0 Å². The van der Waals surface area contributed by atoms with E-state index < -0.39 is 5.97 Å². The molecule has 1 heterocycles. The van der Waals surface area contributed by atoms with E-state index in [2.05, 4.69) is 4.99 Å². The fraction of sp³-hybridized carbons (Fsp3) is 0.667. The number of aliphatic carboxylic acids is 1. The first-order valence-corrected chi connectivity index (χ1v) is 3.47. The molecule has 0 fully saturated rings. The van der Waals surface area contributed by atoms with Crippen LogP contribution in [0.15, 0.2) is 4.99 Å². The first-order valence-electron chi connectivity index (χ1n) is 3.47. The maximum Gasteiger partial charge on any atom is 0.323 e. The normalized spacial score (nSPS) is 17.8. The summed E-state index contributed by atoms with van der Waals surface area (Å²) in [5.74, 6) is -0.524. The Morgan fingerprint density at radius 2 is 2.55 bits per heavy atom. The molecule has 0 aliphatic carbocycles. The zero-order chi connectivity index (χ0) is 8.27. The maximum absolute atomic E-state index is 10.3. The lowest BCUT2D eigenvalue weighted by atomic mass is 10.3. The molecule has 0 atom stereocenters. The van der Waals surface area contributed by atoms with Gasteiger partial charge in [-0.25, -0.2) is 0 Å². The summed E-state index contributed by atoms with van der Waals surface area (Å²) in [5.41, 5.74) is 5.44. The van der Waals surface area contributed by atoms with Crippen molar-refractivity contribution < 1.29 is 9.90 Å². The van der Waals surface area contributed by atoms with Crippen molar-refractivity contribution >= 4 is 11.9 Å². The van der Waals surface area contributed by atoms with Gasteiger partial charge in [0.2, 0.25) is 0 Å². The van der Waals surface area contributed by atoms with Gasteiger partial charge in [0.1, 0.15) is 6.54 Å². The molecule has 0 aromatic rings. The SMILES string of the molecule is NC1=NCCCN1CC(=O)O. The number of carboxylic acids is 1. The van der Waals surface area contributed by atoms with Gasteiger partial charge < -0.3 is 15.7 Å². The minimum absolute atomic E-state index is 0.0463. The Balaban J connectivity index is 2.50. The van der Waals surface area contributed by atoms with Crippen LogP contribution in [0, 0.1) is 0 Å². The van der Waals surface area contributed by atoms with Crippen molar-refractivity contribution in [3.63, 3.8) is 0 Å². The summed E-state index contributed by atoms with van der Waals surface area (Å²) in [4.78, 5) is 15.7. The minimum Gasteiger partial charge on any atom is -0.480 e. The molecule has 0 aromatic heterocycles. The highest BCUT2D eigenvalue weighted by Gasteiger charge is 2.14. The molecule has 11 heavy (non-hydrogen) atoms. The molecular formula is C6H11N3O2. The third kappa shape index (κ3) is 2.10. The highest BCUT2D eigenvalue weighted by molar-refractivity contribution is 5.82.